The second kappa shape index (κ2) is 9.08. The number of hydrogen-bond acceptors (Lipinski definition) is 4. The molecule has 1 aliphatic heterocycles. The molecule has 1 heterocycles. The summed E-state index contributed by atoms with van der Waals surface area (Å²) in [5, 5.41) is 4.19. The average molecular weight is 521 g/mol. The number of urea groups is 1. The van der Waals surface area contributed by atoms with Gasteiger partial charge in [-0.3, -0.25) is 14.9 Å². The van der Waals surface area contributed by atoms with Crippen LogP contribution in [-0.4, -0.2) is 24.5 Å². The van der Waals surface area contributed by atoms with Gasteiger partial charge in [-0.1, -0.05) is 42.5 Å². The van der Waals surface area contributed by atoms with Crippen molar-refractivity contribution in [2.45, 2.75) is 50.9 Å². The van der Waals surface area contributed by atoms with Crippen LogP contribution in [0.15, 0.2) is 66.2 Å². The highest BCUT2D eigenvalue weighted by Gasteiger charge is 2.51. The van der Waals surface area contributed by atoms with Crippen molar-refractivity contribution in [1.29, 1.82) is 0 Å². The lowest BCUT2D eigenvalue weighted by Gasteiger charge is -2.57. The Morgan fingerprint density at radius 3 is 2.23 bits per heavy atom. The molecule has 6 nitrogen and oxygen atoms in total. The van der Waals surface area contributed by atoms with Gasteiger partial charge in [0.25, 0.3) is 11.8 Å². The Labute approximate surface area is 228 Å². The van der Waals surface area contributed by atoms with E-state index in [-0.39, 0.29) is 11.0 Å². The molecule has 8 rings (SSSR count). The second-order valence-corrected chi connectivity index (χ2v) is 11.8. The number of benzene rings is 3. The summed E-state index contributed by atoms with van der Waals surface area (Å²) in [6, 6.07) is 18.7. The third kappa shape index (κ3) is 3.96. The number of nitrogens with zero attached hydrogens (tertiary/aromatic N) is 1. The van der Waals surface area contributed by atoms with E-state index in [2.05, 4.69) is 17.4 Å². The Balaban J connectivity index is 1.23. The van der Waals surface area contributed by atoms with Crippen molar-refractivity contribution >= 4 is 40.4 Å². The Hall–Kier alpha value is -3.93. The summed E-state index contributed by atoms with van der Waals surface area (Å²) in [6.07, 6.45) is 9.43. The molecule has 5 fully saturated rings. The van der Waals surface area contributed by atoms with Gasteiger partial charge in [-0.2, -0.15) is 0 Å². The summed E-state index contributed by atoms with van der Waals surface area (Å²) in [6.45, 7) is 2.33. The quantitative estimate of drug-likeness (QED) is 0.313. The summed E-state index contributed by atoms with van der Waals surface area (Å²) in [5.74, 6) is 1.73. The highest BCUT2D eigenvalue weighted by molar-refractivity contribution is 6.39. The molecule has 39 heavy (non-hydrogen) atoms. The molecule has 1 N–H and O–H groups in total. The summed E-state index contributed by atoms with van der Waals surface area (Å²) in [5.41, 5.74) is 2.55. The minimum Gasteiger partial charge on any atom is -0.493 e. The smallest absolute Gasteiger partial charge is 0.335 e. The van der Waals surface area contributed by atoms with Crippen molar-refractivity contribution in [3.05, 3.63) is 77.4 Å². The summed E-state index contributed by atoms with van der Waals surface area (Å²) < 4.78 is 5.84. The number of rotatable bonds is 5. The van der Waals surface area contributed by atoms with Gasteiger partial charge in [0.05, 0.1) is 12.3 Å². The number of barbiturate groups is 1. The van der Waals surface area contributed by atoms with E-state index in [0.29, 0.717) is 23.6 Å². The van der Waals surface area contributed by atoms with Crippen molar-refractivity contribution in [2.24, 2.45) is 17.8 Å². The highest BCUT2D eigenvalue weighted by atomic mass is 16.5. The number of anilines is 1. The number of carbonyl (C=O) groups excluding carboxylic acids is 3. The predicted molar refractivity (Wildman–Crippen MR) is 150 cm³/mol. The summed E-state index contributed by atoms with van der Waals surface area (Å²) in [4.78, 5) is 40.6. The molecule has 5 aliphatic rings. The zero-order valence-corrected chi connectivity index (χ0v) is 22.1. The van der Waals surface area contributed by atoms with Gasteiger partial charge in [-0.25, -0.2) is 9.69 Å². The fraction of sp³-hybridized carbons (Fsp3) is 0.364. The first-order valence-electron chi connectivity index (χ1n) is 14.1. The van der Waals surface area contributed by atoms with Crippen LogP contribution in [0.2, 0.25) is 0 Å². The molecule has 0 aromatic heterocycles. The first-order chi connectivity index (χ1) is 18.9. The van der Waals surface area contributed by atoms with Crippen LogP contribution in [0.5, 0.6) is 5.75 Å². The largest absolute Gasteiger partial charge is 0.493 e. The molecule has 0 spiro atoms. The SMILES string of the molecule is CCOc1ccc2ccccc2c1/C=C1\C(=O)NC(=O)N(c2ccc(C34CC5CC(CC(C5)C3)C4)cc2)C1=O. The first kappa shape index (κ1) is 24.1. The van der Waals surface area contributed by atoms with Crippen LogP contribution in [0.1, 0.15) is 56.6 Å². The lowest BCUT2D eigenvalue weighted by molar-refractivity contribution is -0.122. The van der Waals surface area contributed by atoms with Gasteiger partial charge in [0.1, 0.15) is 11.3 Å². The zero-order valence-electron chi connectivity index (χ0n) is 22.1. The van der Waals surface area contributed by atoms with Crippen LogP contribution in [0.4, 0.5) is 10.5 Å². The van der Waals surface area contributed by atoms with E-state index in [4.69, 9.17) is 4.74 Å². The Kier molecular flexibility index (Phi) is 5.62. The maximum atomic E-state index is 13.7. The number of nitrogens with one attached hydrogen (secondary N) is 1. The van der Waals surface area contributed by atoms with Crippen LogP contribution in [0.3, 0.4) is 0 Å². The molecule has 198 valence electrons. The molecule has 1 saturated heterocycles. The Morgan fingerprint density at radius 2 is 1.56 bits per heavy atom. The fourth-order valence-electron chi connectivity index (χ4n) is 8.17. The first-order valence-corrected chi connectivity index (χ1v) is 14.1. The zero-order chi connectivity index (χ0) is 26.7. The van der Waals surface area contributed by atoms with E-state index < -0.39 is 17.8 Å². The van der Waals surface area contributed by atoms with Crippen molar-refractivity contribution in [3.63, 3.8) is 0 Å². The molecule has 0 radical (unpaired) electrons. The maximum Gasteiger partial charge on any atom is 0.335 e. The van der Waals surface area contributed by atoms with Crippen molar-refractivity contribution < 1.29 is 19.1 Å². The number of hydrogen-bond donors (Lipinski definition) is 1. The molecule has 4 amide bonds. The van der Waals surface area contributed by atoms with E-state index in [1.54, 1.807) is 6.08 Å². The van der Waals surface area contributed by atoms with Gasteiger partial charge >= 0.3 is 6.03 Å². The molecule has 0 atom stereocenters. The van der Waals surface area contributed by atoms with Crippen LogP contribution in [-0.2, 0) is 15.0 Å². The molecule has 3 aromatic carbocycles. The number of amides is 4. The Bertz CT molecular complexity index is 1500. The topological polar surface area (TPSA) is 75.7 Å². The van der Waals surface area contributed by atoms with E-state index in [9.17, 15) is 14.4 Å². The van der Waals surface area contributed by atoms with Crippen LogP contribution in [0, 0.1) is 17.8 Å². The molecule has 6 heteroatoms. The molecule has 4 saturated carbocycles. The van der Waals surface area contributed by atoms with Crippen LogP contribution >= 0.6 is 0 Å². The summed E-state index contributed by atoms with van der Waals surface area (Å²) in [7, 11) is 0. The van der Waals surface area contributed by atoms with Gasteiger partial charge in [-0.05, 0) is 109 Å². The number of imide groups is 2. The van der Waals surface area contributed by atoms with Crippen LogP contribution < -0.4 is 15.0 Å². The monoisotopic (exact) mass is 520 g/mol. The van der Waals surface area contributed by atoms with Crippen molar-refractivity contribution in [3.8, 4) is 5.75 Å². The van der Waals surface area contributed by atoms with Gasteiger partial charge in [-0.15, -0.1) is 0 Å². The van der Waals surface area contributed by atoms with Gasteiger partial charge < -0.3 is 4.74 Å². The third-order valence-corrected chi connectivity index (χ3v) is 9.40. The molecule has 4 bridgehead atoms. The molecular weight excluding hydrogens is 488 g/mol. The number of carbonyl (C=O) groups is 3. The van der Waals surface area contributed by atoms with Crippen molar-refractivity contribution in [1.82, 2.24) is 5.32 Å². The normalized spacial score (nSPS) is 28.8. The van der Waals surface area contributed by atoms with E-state index in [1.165, 1.54) is 44.1 Å². The van der Waals surface area contributed by atoms with E-state index in [1.807, 2.05) is 55.5 Å². The van der Waals surface area contributed by atoms with Crippen LogP contribution in [0.25, 0.3) is 16.8 Å². The third-order valence-electron chi connectivity index (χ3n) is 9.40. The fourth-order valence-corrected chi connectivity index (χ4v) is 8.17. The highest BCUT2D eigenvalue weighted by Crippen LogP contribution is 2.60. The summed E-state index contributed by atoms with van der Waals surface area (Å²) >= 11 is 0. The average Bonchev–Trinajstić information content (AvgIpc) is 2.91. The lowest BCUT2D eigenvalue weighted by atomic mass is 9.48. The van der Waals surface area contributed by atoms with Gasteiger partial charge in [0.2, 0.25) is 0 Å². The number of fused-ring (bicyclic) bond motifs is 1. The minimum atomic E-state index is -0.729. The minimum absolute atomic E-state index is 0.0999. The van der Waals surface area contributed by atoms with Gasteiger partial charge in [0, 0.05) is 5.56 Å². The number of ether oxygens (including phenoxy) is 1. The second-order valence-electron chi connectivity index (χ2n) is 11.8. The standard InChI is InChI=1S/C33H32N2O4/c1-2-39-29-12-7-23-5-3-4-6-26(23)27(29)16-28-30(36)34-32(38)35(31(28)37)25-10-8-24(9-11-25)33-17-20-13-21(18-33)15-22(14-20)19-33/h3-12,16,20-22H,2,13-15,17-19H2,1H3,(H,34,36,38)/b28-16+. The van der Waals surface area contributed by atoms with Gasteiger partial charge in [0.15, 0.2) is 0 Å². The molecule has 4 aliphatic carbocycles. The lowest BCUT2D eigenvalue weighted by Crippen LogP contribution is -2.54. The molecule has 0 unspecified atom stereocenters. The van der Waals surface area contributed by atoms with Crippen molar-refractivity contribution in [2.75, 3.05) is 11.5 Å². The molecular formula is C33H32N2O4. The van der Waals surface area contributed by atoms with E-state index >= 15 is 0 Å². The van der Waals surface area contributed by atoms with E-state index in [0.717, 1.165) is 33.4 Å². The maximum absolute atomic E-state index is 13.7. The molecule has 3 aromatic rings. The predicted octanol–water partition coefficient (Wildman–Crippen LogP) is 6.37. The Morgan fingerprint density at radius 1 is 0.897 bits per heavy atom.